The zero-order valence-corrected chi connectivity index (χ0v) is 13.7. The molecule has 5 heteroatoms. The second-order valence-electron chi connectivity index (χ2n) is 6.52. The molecular formula is C17H24O5. The summed E-state index contributed by atoms with van der Waals surface area (Å²) in [5, 5.41) is 0. The minimum atomic E-state index is -1.16. The lowest BCUT2D eigenvalue weighted by Gasteiger charge is -2.28. The standard InChI is InChI=1S/C17H24O5/c1-10-5-6-14(11(2)18)12(7-10)8-13-9-17(13,15(19)21-3)16(20)22-4/h7,12-14H,5-6,8-9H2,1-4H3. The maximum atomic E-state index is 12.0. The third kappa shape index (κ3) is 2.81. The van der Waals surface area contributed by atoms with Gasteiger partial charge in [-0.25, -0.2) is 0 Å². The van der Waals surface area contributed by atoms with E-state index in [2.05, 4.69) is 13.0 Å². The maximum Gasteiger partial charge on any atom is 0.323 e. The fourth-order valence-electron chi connectivity index (χ4n) is 3.79. The summed E-state index contributed by atoms with van der Waals surface area (Å²) in [5.41, 5.74) is 0.106. The molecule has 122 valence electrons. The second kappa shape index (κ2) is 6.23. The number of allylic oxidation sites excluding steroid dienone is 2. The Labute approximate surface area is 131 Å². The summed E-state index contributed by atoms with van der Waals surface area (Å²) >= 11 is 0. The monoisotopic (exact) mass is 308 g/mol. The first kappa shape index (κ1) is 16.7. The van der Waals surface area contributed by atoms with Crippen LogP contribution in [0.5, 0.6) is 0 Å². The van der Waals surface area contributed by atoms with E-state index in [4.69, 9.17) is 9.47 Å². The Morgan fingerprint density at radius 2 is 1.82 bits per heavy atom. The topological polar surface area (TPSA) is 69.7 Å². The lowest BCUT2D eigenvalue weighted by Crippen LogP contribution is -2.32. The number of ether oxygens (including phenoxy) is 2. The number of hydrogen-bond acceptors (Lipinski definition) is 5. The van der Waals surface area contributed by atoms with E-state index in [0.717, 1.165) is 12.8 Å². The van der Waals surface area contributed by atoms with Crippen LogP contribution in [0.2, 0.25) is 0 Å². The largest absolute Gasteiger partial charge is 0.468 e. The van der Waals surface area contributed by atoms with Crippen LogP contribution in [0.15, 0.2) is 11.6 Å². The molecule has 0 saturated heterocycles. The summed E-state index contributed by atoms with van der Waals surface area (Å²) in [6, 6.07) is 0. The summed E-state index contributed by atoms with van der Waals surface area (Å²) in [4.78, 5) is 35.9. The Morgan fingerprint density at radius 1 is 1.23 bits per heavy atom. The summed E-state index contributed by atoms with van der Waals surface area (Å²) in [6.07, 6.45) is 5.00. The normalized spacial score (nSPS) is 29.3. The van der Waals surface area contributed by atoms with Crippen LogP contribution in [0.1, 0.15) is 39.5 Å². The number of Topliss-reactive ketones (excluding diaryl/α,β-unsaturated/α-hetero) is 1. The van der Waals surface area contributed by atoms with Crippen molar-refractivity contribution < 1.29 is 23.9 Å². The van der Waals surface area contributed by atoms with Crippen molar-refractivity contribution in [2.45, 2.75) is 39.5 Å². The quantitative estimate of drug-likeness (QED) is 0.443. The van der Waals surface area contributed by atoms with Gasteiger partial charge in [0.1, 0.15) is 5.78 Å². The van der Waals surface area contributed by atoms with Crippen LogP contribution >= 0.6 is 0 Å². The van der Waals surface area contributed by atoms with E-state index in [1.165, 1.54) is 19.8 Å². The Balaban J connectivity index is 2.16. The van der Waals surface area contributed by atoms with Crippen LogP contribution in [0.3, 0.4) is 0 Å². The van der Waals surface area contributed by atoms with Crippen molar-refractivity contribution in [2.75, 3.05) is 14.2 Å². The fraction of sp³-hybridized carbons (Fsp3) is 0.706. The summed E-state index contributed by atoms with van der Waals surface area (Å²) < 4.78 is 9.59. The van der Waals surface area contributed by atoms with Crippen molar-refractivity contribution in [3.05, 3.63) is 11.6 Å². The highest BCUT2D eigenvalue weighted by Gasteiger charge is 2.68. The number of methoxy groups -OCH3 is 2. The molecule has 22 heavy (non-hydrogen) atoms. The van der Waals surface area contributed by atoms with Crippen LogP contribution in [0.25, 0.3) is 0 Å². The predicted octanol–water partition coefficient (Wildman–Crippen LogP) is 2.29. The predicted molar refractivity (Wildman–Crippen MR) is 79.8 cm³/mol. The first-order valence-corrected chi connectivity index (χ1v) is 7.71. The third-order valence-electron chi connectivity index (χ3n) is 5.15. The summed E-state index contributed by atoms with van der Waals surface area (Å²) in [5.74, 6) is -0.914. The molecule has 0 bridgehead atoms. The molecule has 0 aromatic carbocycles. The van der Waals surface area contributed by atoms with Gasteiger partial charge in [-0.1, -0.05) is 11.6 Å². The van der Waals surface area contributed by atoms with Gasteiger partial charge in [-0.3, -0.25) is 14.4 Å². The van der Waals surface area contributed by atoms with Gasteiger partial charge in [0, 0.05) is 5.92 Å². The highest BCUT2D eigenvalue weighted by atomic mass is 16.5. The number of carbonyl (C=O) groups is 3. The molecule has 0 radical (unpaired) electrons. The SMILES string of the molecule is COC(=O)C1(C(=O)OC)CC1CC1C=C(C)CCC1C(C)=O. The van der Waals surface area contributed by atoms with Gasteiger partial charge in [-0.05, 0) is 51.4 Å². The average molecular weight is 308 g/mol. The van der Waals surface area contributed by atoms with Crippen LogP contribution in [-0.2, 0) is 23.9 Å². The smallest absolute Gasteiger partial charge is 0.323 e. The van der Waals surface area contributed by atoms with Crippen LogP contribution < -0.4 is 0 Å². The lowest BCUT2D eigenvalue weighted by molar-refractivity contribution is -0.162. The molecule has 1 saturated carbocycles. The highest BCUT2D eigenvalue weighted by Crippen LogP contribution is 2.58. The molecule has 0 aromatic heterocycles. The van der Waals surface area contributed by atoms with Gasteiger partial charge in [0.05, 0.1) is 14.2 Å². The molecule has 5 nitrogen and oxygen atoms in total. The van der Waals surface area contributed by atoms with E-state index in [1.807, 2.05) is 0 Å². The Kier molecular flexibility index (Phi) is 4.73. The van der Waals surface area contributed by atoms with Crippen LogP contribution in [-0.4, -0.2) is 31.9 Å². The molecule has 3 atom stereocenters. The van der Waals surface area contributed by atoms with Gasteiger partial charge >= 0.3 is 11.9 Å². The third-order valence-corrected chi connectivity index (χ3v) is 5.15. The molecule has 3 unspecified atom stereocenters. The van der Waals surface area contributed by atoms with Crippen molar-refractivity contribution in [3.63, 3.8) is 0 Å². The maximum absolute atomic E-state index is 12.0. The molecule has 0 heterocycles. The number of ketones is 1. The number of carbonyl (C=O) groups excluding carboxylic acids is 3. The Bertz CT molecular complexity index is 503. The van der Waals surface area contributed by atoms with E-state index in [9.17, 15) is 14.4 Å². The van der Waals surface area contributed by atoms with Gasteiger partial charge in [0.2, 0.25) is 0 Å². The molecule has 0 amide bonds. The van der Waals surface area contributed by atoms with E-state index in [1.54, 1.807) is 6.92 Å². The molecule has 0 aliphatic heterocycles. The zero-order chi connectivity index (χ0) is 16.5. The van der Waals surface area contributed by atoms with Crippen molar-refractivity contribution in [1.82, 2.24) is 0 Å². The number of hydrogen-bond donors (Lipinski definition) is 0. The second-order valence-corrected chi connectivity index (χ2v) is 6.52. The molecule has 2 aliphatic rings. The van der Waals surface area contributed by atoms with Crippen LogP contribution in [0.4, 0.5) is 0 Å². The highest BCUT2D eigenvalue weighted by molar-refractivity contribution is 6.03. The van der Waals surface area contributed by atoms with Crippen molar-refractivity contribution >= 4 is 17.7 Å². The van der Waals surface area contributed by atoms with E-state index in [-0.39, 0.29) is 23.5 Å². The van der Waals surface area contributed by atoms with E-state index < -0.39 is 17.4 Å². The molecule has 1 fully saturated rings. The van der Waals surface area contributed by atoms with Gasteiger partial charge in [-0.15, -0.1) is 0 Å². The molecule has 0 N–H and O–H groups in total. The molecule has 0 aromatic rings. The van der Waals surface area contributed by atoms with Gasteiger partial charge in [0.15, 0.2) is 5.41 Å². The zero-order valence-electron chi connectivity index (χ0n) is 13.7. The number of rotatable bonds is 5. The molecular weight excluding hydrogens is 284 g/mol. The Morgan fingerprint density at radius 3 is 2.32 bits per heavy atom. The molecule has 2 rings (SSSR count). The van der Waals surface area contributed by atoms with Crippen LogP contribution in [0, 0.1) is 23.2 Å². The molecule has 2 aliphatic carbocycles. The van der Waals surface area contributed by atoms with E-state index >= 15 is 0 Å². The van der Waals surface area contributed by atoms with E-state index in [0.29, 0.717) is 12.8 Å². The number of esters is 2. The van der Waals surface area contributed by atoms with Crippen molar-refractivity contribution in [1.29, 1.82) is 0 Å². The Hall–Kier alpha value is -1.65. The first-order valence-electron chi connectivity index (χ1n) is 7.71. The molecule has 0 spiro atoms. The van der Waals surface area contributed by atoms with Gasteiger partial charge < -0.3 is 9.47 Å². The van der Waals surface area contributed by atoms with Gasteiger partial charge in [-0.2, -0.15) is 0 Å². The summed E-state index contributed by atoms with van der Waals surface area (Å²) in [6.45, 7) is 3.68. The average Bonchev–Trinajstić information content (AvgIpc) is 3.20. The first-order chi connectivity index (χ1) is 10.4. The minimum Gasteiger partial charge on any atom is -0.468 e. The lowest BCUT2D eigenvalue weighted by atomic mass is 9.76. The fourth-order valence-corrected chi connectivity index (χ4v) is 3.79. The van der Waals surface area contributed by atoms with Crippen molar-refractivity contribution in [2.24, 2.45) is 23.2 Å². The van der Waals surface area contributed by atoms with Gasteiger partial charge in [0.25, 0.3) is 0 Å². The summed E-state index contributed by atoms with van der Waals surface area (Å²) in [7, 11) is 2.57. The minimum absolute atomic E-state index is 0.0164. The van der Waals surface area contributed by atoms with Crippen molar-refractivity contribution in [3.8, 4) is 0 Å².